The van der Waals surface area contributed by atoms with Gasteiger partial charge in [-0.05, 0) is 75.0 Å². The van der Waals surface area contributed by atoms with E-state index in [0.717, 1.165) is 59.2 Å². The molecule has 0 aliphatic rings. The Morgan fingerprint density at radius 1 is 0.535 bits per heavy atom. The predicted molar refractivity (Wildman–Crippen MR) is 169 cm³/mol. The van der Waals surface area contributed by atoms with Crippen LogP contribution < -0.4 is 20.4 Å². The molecular formula is C34H64O8Sn. The van der Waals surface area contributed by atoms with Gasteiger partial charge in [0.1, 0.15) is 0 Å². The SMILES string of the molecule is CCCCC(CC)CC(CCCC(=O)[O-])C(=O)[O-].CCCCC(CC)CC(CCCC(=O)[O-])C(=O)[O-].C[CH](C)[SnH2+4][CH](C)C. The summed E-state index contributed by atoms with van der Waals surface area (Å²) in [5, 5.41) is 42.6. The second-order valence-corrected chi connectivity index (χ2v) is 23.6. The van der Waals surface area contributed by atoms with Gasteiger partial charge in [0.2, 0.25) is 0 Å². The standard InChI is InChI=1S/2C14H26O4.2C3H7.Sn.2H/c2*1-3-5-7-11(4-2)10-12(14(17)18)8-6-9-13(15)16;2*1-3-2;;;/h2*11-12H,3-10H2,1-2H3,(H,15,16)(H,17,18);2*3H,1-2H3;;;/q;;;;+4;;/p-4. The molecule has 0 aliphatic heterocycles. The molecule has 0 amide bonds. The molecule has 0 heterocycles. The van der Waals surface area contributed by atoms with Gasteiger partial charge in [-0.2, -0.15) is 0 Å². The van der Waals surface area contributed by atoms with E-state index < -0.39 is 35.7 Å². The molecule has 0 fully saturated rings. The minimum absolute atomic E-state index is 0.0739. The van der Waals surface area contributed by atoms with Gasteiger partial charge in [0.25, 0.3) is 0 Å². The Bertz CT molecular complexity index is 653. The third-order valence-corrected chi connectivity index (χ3v) is 13.2. The summed E-state index contributed by atoms with van der Waals surface area (Å²) >= 11 is -0.272. The fourth-order valence-corrected chi connectivity index (χ4v) is 10.7. The number of rotatable bonds is 24. The summed E-state index contributed by atoms with van der Waals surface area (Å²) in [6.45, 7) is 17.8. The van der Waals surface area contributed by atoms with Crippen LogP contribution in [0.5, 0.6) is 0 Å². The van der Waals surface area contributed by atoms with Crippen LogP contribution in [-0.2, 0) is 19.2 Å². The summed E-state index contributed by atoms with van der Waals surface area (Å²) in [4.78, 5) is 42.6. The molecule has 0 aromatic heterocycles. The number of unbranched alkanes of at least 4 members (excludes halogenated alkanes) is 2. The first-order valence-electron chi connectivity index (χ1n) is 17.0. The molecule has 9 heteroatoms. The molecule has 0 aromatic carbocycles. The zero-order valence-electron chi connectivity index (χ0n) is 28.8. The molecule has 0 saturated heterocycles. The van der Waals surface area contributed by atoms with E-state index in [-0.39, 0.29) is 34.0 Å². The Kier molecular flexibility index (Phi) is 32.9. The Labute approximate surface area is 273 Å². The first kappa shape index (κ1) is 46.1. The second-order valence-electron chi connectivity index (χ2n) is 12.9. The first-order chi connectivity index (χ1) is 20.1. The molecule has 0 aliphatic carbocycles. The zero-order chi connectivity index (χ0) is 33.8. The first-order valence-corrected chi connectivity index (χ1v) is 21.6. The topological polar surface area (TPSA) is 161 Å². The Morgan fingerprint density at radius 2 is 0.860 bits per heavy atom. The van der Waals surface area contributed by atoms with Gasteiger partial charge < -0.3 is 39.6 Å². The van der Waals surface area contributed by atoms with Crippen molar-refractivity contribution in [3.8, 4) is 0 Å². The van der Waals surface area contributed by atoms with E-state index in [1.54, 1.807) is 0 Å². The van der Waals surface area contributed by atoms with Crippen LogP contribution in [0.2, 0.25) is 7.87 Å². The van der Waals surface area contributed by atoms with Gasteiger partial charge in [-0.15, -0.1) is 0 Å². The van der Waals surface area contributed by atoms with Crippen molar-refractivity contribution in [3.05, 3.63) is 0 Å². The maximum absolute atomic E-state index is 11.0. The average Bonchev–Trinajstić information content (AvgIpc) is 2.90. The van der Waals surface area contributed by atoms with Crippen molar-refractivity contribution in [2.75, 3.05) is 0 Å². The molecule has 4 radical (unpaired) electrons. The normalized spacial score (nSPS) is 13.6. The summed E-state index contributed by atoms with van der Waals surface area (Å²) in [5.41, 5.74) is 0. The Morgan fingerprint density at radius 3 is 1.05 bits per heavy atom. The fourth-order valence-electron chi connectivity index (χ4n) is 5.36. The number of aliphatic carboxylic acids is 4. The van der Waals surface area contributed by atoms with Crippen LogP contribution in [0.4, 0.5) is 0 Å². The van der Waals surface area contributed by atoms with Crippen LogP contribution in [0.15, 0.2) is 0 Å². The van der Waals surface area contributed by atoms with Crippen LogP contribution in [0, 0.1) is 23.7 Å². The number of carbonyl (C=O) groups is 4. The Balaban J connectivity index is -0.000000611. The van der Waals surface area contributed by atoms with Gasteiger partial charge in [-0.25, -0.2) is 0 Å². The van der Waals surface area contributed by atoms with Crippen LogP contribution >= 0.6 is 0 Å². The van der Waals surface area contributed by atoms with Gasteiger partial charge in [0.15, 0.2) is 0 Å². The van der Waals surface area contributed by atoms with Gasteiger partial charge in [0, 0.05) is 23.9 Å². The monoisotopic (exact) mass is 720 g/mol. The second kappa shape index (κ2) is 30.7. The van der Waals surface area contributed by atoms with Gasteiger partial charge in [-0.1, -0.05) is 79.1 Å². The van der Waals surface area contributed by atoms with E-state index in [2.05, 4.69) is 55.4 Å². The average molecular weight is 720 g/mol. The Hall–Kier alpha value is -1.32. The van der Waals surface area contributed by atoms with Crippen molar-refractivity contribution in [1.82, 2.24) is 0 Å². The van der Waals surface area contributed by atoms with Gasteiger partial charge in [-0.3, -0.25) is 0 Å². The van der Waals surface area contributed by atoms with Crippen molar-refractivity contribution in [2.24, 2.45) is 23.7 Å². The number of hydrogen-bond donors (Lipinski definition) is 0. The van der Waals surface area contributed by atoms with E-state index in [1.807, 2.05) is 0 Å². The van der Waals surface area contributed by atoms with Crippen molar-refractivity contribution < 1.29 is 39.6 Å². The molecule has 0 rings (SSSR count). The third-order valence-electron chi connectivity index (χ3n) is 7.80. The molecule has 0 N–H and O–H groups in total. The molecule has 43 heavy (non-hydrogen) atoms. The molecule has 4 unspecified atom stereocenters. The molecule has 0 aromatic rings. The molecule has 252 valence electrons. The van der Waals surface area contributed by atoms with E-state index in [4.69, 9.17) is 0 Å². The molecule has 0 saturated carbocycles. The summed E-state index contributed by atoms with van der Waals surface area (Å²) in [7, 11) is 0. The van der Waals surface area contributed by atoms with Crippen molar-refractivity contribution in [2.45, 2.75) is 166 Å². The molecule has 4 atom stereocenters. The summed E-state index contributed by atoms with van der Waals surface area (Å²) in [5.74, 6) is -4.59. The third kappa shape index (κ3) is 33.4. The number of carboxylic acid groups (broad SMARTS) is 4. The molecule has 0 spiro atoms. The molecule has 0 bridgehead atoms. The minimum atomic E-state index is -1.12. The number of carbonyl (C=O) groups excluding carboxylic acids is 4. The summed E-state index contributed by atoms with van der Waals surface area (Å²) in [6.07, 6.45) is 10.9. The van der Waals surface area contributed by atoms with E-state index >= 15 is 0 Å². The van der Waals surface area contributed by atoms with E-state index in [9.17, 15) is 39.6 Å². The number of hydrogen-bond acceptors (Lipinski definition) is 8. The van der Waals surface area contributed by atoms with E-state index in [1.165, 1.54) is 0 Å². The van der Waals surface area contributed by atoms with E-state index in [0.29, 0.717) is 50.4 Å². The van der Waals surface area contributed by atoms with Crippen molar-refractivity contribution in [3.63, 3.8) is 0 Å². The molecule has 8 nitrogen and oxygen atoms in total. The summed E-state index contributed by atoms with van der Waals surface area (Å²) in [6, 6.07) is 0. The number of carboxylic acids is 4. The van der Waals surface area contributed by atoms with Crippen LogP contribution in [0.3, 0.4) is 0 Å². The van der Waals surface area contributed by atoms with Gasteiger partial charge >= 0.3 is 56.7 Å². The van der Waals surface area contributed by atoms with Gasteiger partial charge in [0.05, 0.1) is 0 Å². The van der Waals surface area contributed by atoms with Crippen LogP contribution in [-0.4, -0.2) is 45.0 Å². The molecular weight excluding hydrogens is 655 g/mol. The van der Waals surface area contributed by atoms with Crippen LogP contribution in [0.25, 0.3) is 0 Å². The predicted octanol–water partition coefficient (Wildman–Crippen LogP) is 3.57. The maximum atomic E-state index is 11.0. The van der Waals surface area contributed by atoms with Crippen molar-refractivity contribution in [1.29, 1.82) is 0 Å². The quantitative estimate of drug-likeness (QED) is 0.137. The van der Waals surface area contributed by atoms with Crippen molar-refractivity contribution >= 4 is 45.0 Å². The summed E-state index contributed by atoms with van der Waals surface area (Å²) < 4.78 is 2.17. The fraction of sp³-hybridized carbons (Fsp3) is 0.882. The van der Waals surface area contributed by atoms with Crippen LogP contribution in [0.1, 0.15) is 158 Å². The zero-order valence-corrected chi connectivity index (χ0v) is 32.8.